The van der Waals surface area contributed by atoms with Crippen molar-refractivity contribution < 1.29 is 87.2 Å². The van der Waals surface area contributed by atoms with Gasteiger partial charge in [-0.25, -0.2) is 4.79 Å². The molecule has 0 radical (unpaired) electrons. The molecule has 2 aliphatic rings. The fourth-order valence-corrected chi connectivity index (χ4v) is 12.1. The van der Waals surface area contributed by atoms with Crippen molar-refractivity contribution >= 4 is 122 Å². The molecule has 2 aliphatic heterocycles. The maximum Gasteiger partial charge on any atom is 0.327 e. The Labute approximate surface area is 533 Å². The topological polar surface area (TPSA) is 530 Å². The van der Waals surface area contributed by atoms with Gasteiger partial charge in [0.1, 0.15) is 60.4 Å². The number of hydrogen-bond acceptors (Lipinski definition) is 21. The van der Waals surface area contributed by atoms with Gasteiger partial charge in [0, 0.05) is 43.6 Å². The number of carbonyl (C=O) groups excluding carboxylic acids is 13. The average molecular weight is 1330 g/mol. The standard InChI is InChI=1S/C54H91N15O18S3/c1-26(2)19-34-48(80)66-37(54(86)87)24-90-89-23-36(65-47(79)33(14-16-41(74)75)61-44(76)30(56)22-88-25-59-29(7)71)50(82)68-43(28(5)6)53(85)69-18-10-12-38(69)51(83)67-42(27(3)4)52(84)64-35(21-70)49(81)62-31(11-8-9-17-55)45(77)58-20-40(73)60-32(46(78)63-34)13-15-39(57)72/h26-28,30-38,42-43,70H,8-25,55-56H2,1-7H3,(H2,57,72)(H,58,77)(H,59,71)(H,60,73)(H,61,76)(H,62,81)(H,63,78)(H,64,84)(H,65,79)(H,66,80)(H,67,83)(H,68,82)(H,74,75)(H,86,87)/t30-,31-,32-,33-,34-,35-,36-,37-,38-,42-,43-/m0/s1. The molecule has 2 fully saturated rings. The molecule has 13 amide bonds. The van der Waals surface area contributed by atoms with E-state index < -0.39 is 211 Å². The van der Waals surface area contributed by atoms with Crippen molar-refractivity contribution in [3.63, 3.8) is 0 Å². The second-order valence-corrected chi connectivity index (χ2v) is 26.2. The Bertz CT molecular complexity index is 2540. The Hall–Kier alpha value is -7.02. The highest BCUT2D eigenvalue weighted by Crippen LogP contribution is 2.25. The fraction of sp³-hybridized carbons (Fsp3) is 0.722. The van der Waals surface area contributed by atoms with E-state index in [0.717, 1.165) is 33.3 Å². The lowest BCUT2D eigenvalue weighted by Gasteiger charge is -2.33. The van der Waals surface area contributed by atoms with Crippen molar-refractivity contribution in [3.8, 4) is 0 Å². The number of rotatable bonds is 24. The van der Waals surface area contributed by atoms with Crippen LogP contribution in [-0.4, -0.2) is 225 Å². The minimum absolute atomic E-state index is 0.000841. The lowest BCUT2D eigenvalue weighted by molar-refractivity contribution is -0.143. The summed E-state index contributed by atoms with van der Waals surface area (Å²) in [5.41, 5.74) is 17.1. The molecule has 36 heteroatoms. The monoisotopic (exact) mass is 1330 g/mol. The number of thioether (sulfide) groups is 1. The van der Waals surface area contributed by atoms with E-state index in [1.807, 2.05) is 0 Å². The third-order valence-corrected chi connectivity index (χ3v) is 17.3. The zero-order valence-electron chi connectivity index (χ0n) is 51.7. The fourth-order valence-electron chi connectivity index (χ4n) is 8.95. The Morgan fingerprint density at radius 2 is 1.30 bits per heavy atom. The number of carboxylic acids is 2. The molecule has 33 nitrogen and oxygen atoms in total. The van der Waals surface area contributed by atoms with E-state index in [-0.39, 0.29) is 68.6 Å². The minimum atomic E-state index is -1.71. The van der Waals surface area contributed by atoms with Gasteiger partial charge in [0.05, 0.1) is 25.1 Å². The number of hydrogen-bond donors (Lipinski definition) is 17. The SMILES string of the molecule is CC(=O)NCSC[C@H](N)C(=O)N[C@@H](CCC(=O)O)C(=O)N[C@H]1CSSC[C@@H](C(=O)O)NC(=O)[C@H](CC(C)C)NC(=O)[C@H](CCC(N)=O)NC(=O)CNC(=O)[C@H](CCCCN)NC(=O)[C@H](CO)NC(=O)[C@H](C(C)C)NC(=O)[C@@H]2CCCN2C(=O)[C@H](C(C)C)NC1=O. The van der Waals surface area contributed by atoms with Crippen LogP contribution in [-0.2, 0) is 71.9 Å². The van der Waals surface area contributed by atoms with Gasteiger partial charge in [0.2, 0.25) is 76.8 Å². The number of aliphatic hydroxyl groups excluding tert-OH is 1. The van der Waals surface area contributed by atoms with Crippen LogP contribution < -0.4 is 75.7 Å². The number of unbranched alkanes of at least 4 members (excludes halogenated alkanes) is 1. The lowest BCUT2D eigenvalue weighted by atomic mass is 10.0. The van der Waals surface area contributed by atoms with Gasteiger partial charge in [-0.05, 0) is 75.7 Å². The first-order valence-corrected chi connectivity index (χ1v) is 33.1. The molecule has 2 heterocycles. The van der Waals surface area contributed by atoms with Crippen LogP contribution in [0.25, 0.3) is 0 Å². The van der Waals surface area contributed by atoms with Crippen molar-refractivity contribution in [2.45, 2.75) is 179 Å². The second kappa shape index (κ2) is 40.7. The predicted octanol–water partition coefficient (Wildman–Crippen LogP) is -5.30. The smallest absolute Gasteiger partial charge is 0.327 e. The third-order valence-electron chi connectivity index (χ3n) is 13.9. The summed E-state index contributed by atoms with van der Waals surface area (Å²) in [7, 11) is 1.62. The van der Waals surface area contributed by atoms with Gasteiger partial charge in [-0.2, -0.15) is 0 Å². The van der Waals surface area contributed by atoms with E-state index in [0.29, 0.717) is 6.42 Å². The molecule has 0 saturated carbocycles. The first-order chi connectivity index (χ1) is 42.3. The van der Waals surface area contributed by atoms with E-state index in [4.69, 9.17) is 17.2 Å². The first-order valence-electron chi connectivity index (χ1n) is 29.5. The summed E-state index contributed by atoms with van der Waals surface area (Å²) >= 11 is 1.08. The molecule has 11 atom stereocenters. The molecule has 0 aromatic rings. The minimum Gasteiger partial charge on any atom is -0.481 e. The lowest BCUT2D eigenvalue weighted by Crippen LogP contribution is -2.62. The Morgan fingerprint density at radius 3 is 1.89 bits per heavy atom. The van der Waals surface area contributed by atoms with Gasteiger partial charge < -0.3 is 95.9 Å². The zero-order chi connectivity index (χ0) is 67.9. The molecular formula is C54H91N15O18S3. The van der Waals surface area contributed by atoms with E-state index in [2.05, 4.69) is 58.5 Å². The highest BCUT2D eigenvalue weighted by molar-refractivity contribution is 8.76. The number of nitrogens with one attached hydrogen (secondary N) is 11. The number of aliphatic hydroxyl groups is 1. The van der Waals surface area contributed by atoms with Crippen molar-refractivity contribution in [3.05, 3.63) is 0 Å². The van der Waals surface area contributed by atoms with Gasteiger partial charge in [-0.1, -0.05) is 63.1 Å². The quantitative estimate of drug-likeness (QED) is 0.0244. The number of aliphatic carboxylic acids is 2. The number of fused-ring (bicyclic) bond motifs is 1. The summed E-state index contributed by atoms with van der Waals surface area (Å²) < 4.78 is 0. The Kier molecular flexibility index (Phi) is 35.7. The number of carbonyl (C=O) groups is 15. The highest BCUT2D eigenvalue weighted by Gasteiger charge is 2.42. The highest BCUT2D eigenvalue weighted by atomic mass is 33.1. The van der Waals surface area contributed by atoms with Crippen molar-refractivity contribution in [2.24, 2.45) is 35.0 Å². The van der Waals surface area contributed by atoms with Crippen LogP contribution >= 0.6 is 33.3 Å². The van der Waals surface area contributed by atoms with Crippen LogP contribution in [0.5, 0.6) is 0 Å². The largest absolute Gasteiger partial charge is 0.481 e. The normalized spacial score (nSPS) is 24.4. The summed E-state index contributed by atoms with van der Waals surface area (Å²) in [5, 5.41) is 57.5. The first kappa shape index (κ1) is 79.1. The summed E-state index contributed by atoms with van der Waals surface area (Å²) in [6.07, 6.45) is -1.12. The van der Waals surface area contributed by atoms with Crippen molar-refractivity contribution in [1.29, 1.82) is 0 Å². The zero-order valence-corrected chi connectivity index (χ0v) is 54.1. The third kappa shape index (κ3) is 28.4. The number of nitrogens with two attached hydrogens (primary N) is 3. The molecule has 0 spiro atoms. The predicted molar refractivity (Wildman–Crippen MR) is 331 cm³/mol. The number of primary amides is 1. The molecule has 0 aliphatic carbocycles. The number of amides is 13. The van der Waals surface area contributed by atoms with E-state index in [1.54, 1.807) is 41.5 Å². The average Bonchev–Trinajstić information content (AvgIpc) is 1.66. The number of nitrogens with zero attached hydrogens (tertiary/aromatic N) is 1. The summed E-state index contributed by atoms with van der Waals surface area (Å²) in [6, 6.07) is -16.4. The van der Waals surface area contributed by atoms with Gasteiger partial charge in [-0.15, -0.1) is 11.8 Å². The molecule has 0 unspecified atom stereocenters. The maximum absolute atomic E-state index is 14.6. The number of carboxylic acid groups (broad SMARTS) is 2. The van der Waals surface area contributed by atoms with E-state index in [9.17, 15) is 87.2 Å². The van der Waals surface area contributed by atoms with Crippen LogP contribution in [0.1, 0.15) is 113 Å². The second-order valence-electron chi connectivity index (χ2n) is 22.7. The van der Waals surface area contributed by atoms with E-state index >= 15 is 0 Å². The summed E-state index contributed by atoms with van der Waals surface area (Å²) in [6.45, 7) is 9.35. The van der Waals surface area contributed by atoms with Crippen LogP contribution in [0.4, 0.5) is 0 Å². The molecule has 0 aromatic heterocycles. The molecule has 20 N–H and O–H groups in total. The van der Waals surface area contributed by atoms with Crippen LogP contribution in [0, 0.1) is 17.8 Å². The summed E-state index contributed by atoms with van der Waals surface area (Å²) in [5.74, 6) is -17.1. The molecule has 90 heavy (non-hydrogen) atoms. The van der Waals surface area contributed by atoms with Crippen molar-refractivity contribution in [2.75, 3.05) is 49.4 Å². The molecule has 2 rings (SSSR count). The molecule has 0 aromatic carbocycles. The Balaban J connectivity index is 2.76. The maximum atomic E-state index is 14.6. The van der Waals surface area contributed by atoms with Crippen molar-refractivity contribution in [1.82, 2.24) is 63.4 Å². The molecule has 508 valence electrons. The van der Waals surface area contributed by atoms with Gasteiger partial charge in [-0.3, -0.25) is 67.1 Å². The Morgan fingerprint density at radius 1 is 0.700 bits per heavy atom. The van der Waals surface area contributed by atoms with Gasteiger partial charge in [0.15, 0.2) is 0 Å². The molecule has 2 saturated heterocycles. The van der Waals surface area contributed by atoms with Crippen LogP contribution in [0.2, 0.25) is 0 Å². The molecule has 0 bridgehead atoms. The van der Waals surface area contributed by atoms with Crippen LogP contribution in [0.15, 0.2) is 0 Å². The van der Waals surface area contributed by atoms with Crippen LogP contribution in [0.3, 0.4) is 0 Å². The van der Waals surface area contributed by atoms with Gasteiger partial charge >= 0.3 is 11.9 Å². The van der Waals surface area contributed by atoms with E-state index in [1.165, 1.54) is 11.8 Å². The molecular weight excluding hydrogens is 1240 g/mol. The summed E-state index contributed by atoms with van der Waals surface area (Å²) in [4.78, 5) is 203. The van der Waals surface area contributed by atoms with Gasteiger partial charge in [0.25, 0.3) is 0 Å².